The molecule has 1 N–H and O–H groups in total. The van der Waals surface area contributed by atoms with Crippen molar-refractivity contribution in [3.63, 3.8) is 0 Å². The van der Waals surface area contributed by atoms with Gasteiger partial charge in [-0.05, 0) is 46.9 Å². The maximum atomic E-state index is 9.80. The van der Waals surface area contributed by atoms with Gasteiger partial charge in [0.05, 0.1) is 20.8 Å². The molecule has 0 radical (unpaired) electrons. The Morgan fingerprint density at radius 3 is 2.17 bits per heavy atom. The summed E-state index contributed by atoms with van der Waals surface area (Å²) in [5.74, 6) is 2.21. The molecule has 2 aliphatic carbocycles. The zero-order chi connectivity index (χ0) is 21.4. The molecular formula is C26H40O3. The lowest BCUT2D eigenvalue weighted by molar-refractivity contribution is -0.0249. The molecule has 0 spiro atoms. The van der Waals surface area contributed by atoms with Crippen LogP contribution in [0.15, 0.2) is 23.8 Å². The largest absolute Gasteiger partial charge is 0.496 e. The molecule has 0 aliphatic heterocycles. The Morgan fingerprint density at radius 2 is 1.69 bits per heavy atom. The Labute approximate surface area is 177 Å². The number of aliphatic hydroxyl groups is 1. The van der Waals surface area contributed by atoms with Crippen molar-refractivity contribution < 1.29 is 14.6 Å². The van der Waals surface area contributed by atoms with E-state index in [-0.39, 0.29) is 22.9 Å². The van der Waals surface area contributed by atoms with Crippen LogP contribution < -0.4 is 9.47 Å². The average molecular weight is 401 g/mol. The van der Waals surface area contributed by atoms with Crippen LogP contribution in [0.4, 0.5) is 0 Å². The van der Waals surface area contributed by atoms with Gasteiger partial charge in [-0.15, -0.1) is 0 Å². The Balaban J connectivity index is 1.98. The molecule has 3 rings (SSSR count). The Bertz CT molecular complexity index is 749. The molecular weight excluding hydrogens is 360 g/mol. The van der Waals surface area contributed by atoms with Crippen molar-refractivity contribution in [2.45, 2.75) is 84.0 Å². The average Bonchev–Trinajstić information content (AvgIpc) is 2.66. The fourth-order valence-electron chi connectivity index (χ4n) is 6.15. The van der Waals surface area contributed by atoms with E-state index < -0.39 is 0 Å². The number of fused-ring (bicyclic) bond motifs is 1. The molecule has 3 heteroatoms. The van der Waals surface area contributed by atoms with Crippen molar-refractivity contribution in [1.29, 1.82) is 0 Å². The predicted molar refractivity (Wildman–Crippen MR) is 120 cm³/mol. The lowest BCUT2D eigenvalue weighted by atomic mass is 9.37. The van der Waals surface area contributed by atoms with Gasteiger partial charge in [0.2, 0.25) is 0 Å². The second-order valence-electron chi connectivity index (χ2n) is 10.5. The minimum atomic E-state index is -0.0674. The fourth-order valence-corrected chi connectivity index (χ4v) is 6.15. The highest BCUT2D eigenvalue weighted by molar-refractivity contribution is 5.62. The number of methoxy groups -OCH3 is 2. The topological polar surface area (TPSA) is 38.7 Å². The SMILES string of the molecule is CCCCCCC(C)(C)c1cc(OC)c([C@@]23C=C(CO)[C@@H]2C(C)(C)C3)c(OC)c1. The molecule has 2 atom stereocenters. The van der Waals surface area contributed by atoms with Crippen molar-refractivity contribution in [1.82, 2.24) is 0 Å². The molecule has 0 bridgehead atoms. The van der Waals surface area contributed by atoms with Gasteiger partial charge in [0.25, 0.3) is 0 Å². The van der Waals surface area contributed by atoms with E-state index in [2.05, 4.69) is 52.8 Å². The summed E-state index contributed by atoms with van der Waals surface area (Å²) in [5, 5.41) is 9.80. The van der Waals surface area contributed by atoms with Crippen molar-refractivity contribution in [2.75, 3.05) is 20.8 Å². The van der Waals surface area contributed by atoms with Crippen LogP contribution in [0.3, 0.4) is 0 Å². The highest BCUT2D eigenvalue weighted by Gasteiger charge is 2.66. The van der Waals surface area contributed by atoms with Gasteiger partial charge in [0.15, 0.2) is 0 Å². The van der Waals surface area contributed by atoms with E-state index >= 15 is 0 Å². The van der Waals surface area contributed by atoms with Gasteiger partial charge in [-0.1, -0.05) is 66.4 Å². The van der Waals surface area contributed by atoms with E-state index in [9.17, 15) is 5.11 Å². The number of ether oxygens (including phenoxy) is 2. The molecule has 0 heterocycles. The Kier molecular flexibility index (Phi) is 6.11. The molecule has 0 saturated heterocycles. The van der Waals surface area contributed by atoms with Gasteiger partial charge < -0.3 is 14.6 Å². The first kappa shape index (κ1) is 22.2. The molecule has 0 aromatic heterocycles. The minimum Gasteiger partial charge on any atom is -0.496 e. The third-order valence-electron chi connectivity index (χ3n) is 7.45. The summed E-state index contributed by atoms with van der Waals surface area (Å²) in [6.07, 6.45) is 9.59. The molecule has 1 aromatic carbocycles. The molecule has 162 valence electrons. The van der Waals surface area contributed by atoms with Crippen molar-refractivity contribution >= 4 is 0 Å². The lowest BCUT2D eigenvalue weighted by Gasteiger charge is -2.66. The third kappa shape index (κ3) is 3.60. The molecule has 2 aliphatic rings. The summed E-state index contributed by atoms with van der Waals surface area (Å²) in [7, 11) is 3.53. The van der Waals surface area contributed by atoms with E-state index in [0.717, 1.165) is 35.5 Å². The van der Waals surface area contributed by atoms with Crippen molar-refractivity contribution in [3.8, 4) is 11.5 Å². The number of benzene rings is 1. The maximum absolute atomic E-state index is 9.80. The standard InChI is InChI=1S/C26H40O3/c1-8-9-10-11-12-24(2,3)19-13-20(28-6)22(21(14-19)29-7)26-15-18(16-27)23(26)25(4,5)17-26/h13-15,23,27H,8-12,16-17H2,1-7H3/t23-,26+/m1/s1. The quantitative estimate of drug-likeness (QED) is 0.377. The van der Waals surface area contributed by atoms with Gasteiger partial charge in [-0.3, -0.25) is 0 Å². The van der Waals surface area contributed by atoms with Crippen molar-refractivity contribution in [3.05, 3.63) is 34.9 Å². The van der Waals surface area contributed by atoms with Gasteiger partial charge in [0, 0.05) is 16.9 Å². The molecule has 1 fully saturated rings. The van der Waals surface area contributed by atoms with Crippen LogP contribution >= 0.6 is 0 Å². The van der Waals surface area contributed by atoms with Crippen LogP contribution in [0.5, 0.6) is 11.5 Å². The highest BCUT2D eigenvalue weighted by Crippen LogP contribution is 2.71. The third-order valence-corrected chi connectivity index (χ3v) is 7.45. The van der Waals surface area contributed by atoms with Crippen LogP contribution in [0.2, 0.25) is 0 Å². The second kappa shape index (κ2) is 7.98. The number of hydrogen-bond donors (Lipinski definition) is 1. The van der Waals surface area contributed by atoms with Crippen LogP contribution in [-0.4, -0.2) is 25.9 Å². The summed E-state index contributed by atoms with van der Waals surface area (Å²) in [6.45, 7) is 11.6. The van der Waals surface area contributed by atoms with Gasteiger partial charge >= 0.3 is 0 Å². The Morgan fingerprint density at radius 1 is 1.07 bits per heavy atom. The summed E-state index contributed by atoms with van der Waals surface area (Å²) in [6, 6.07) is 4.47. The van der Waals surface area contributed by atoms with Crippen LogP contribution in [0.1, 0.15) is 84.3 Å². The van der Waals surface area contributed by atoms with E-state index in [4.69, 9.17) is 9.47 Å². The first-order chi connectivity index (χ1) is 13.7. The number of allylic oxidation sites excluding steroid dienone is 1. The maximum Gasteiger partial charge on any atom is 0.126 e. The lowest BCUT2D eigenvalue weighted by Crippen LogP contribution is -2.62. The molecule has 1 saturated carbocycles. The van der Waals surface area contributed by atoms with E-state index in [1.54, 1.807) is 14.2 Å². The molecule has 3 nitrogen and oxygen atoms in total. The zero-order valence-electron chi connectivity index (χ0n) is 19.5. The van der Waals surface area contributed by atoms with Crippen LogP contribution in [-0.2, 0) is 10.8 Å². The zero-order valence-corrected chi connectivity index (χ0v) is 19.5. The number of unbranched alkanes of at least 4 members (excludes halogenated alkanes) is 3. The fraction of sp³-hybridized carbons (Fsp3) is 0.692. The monoisotopic (exact) mass is 400 g/mol. The van der Waals surface area contributed by atoms with Gasteiger partial charge in [-0.25, -0.2) is 0 Å². The van der Waals surface area contributed by atoms with E-state index in [1.165, 1.54) is 31.2 Å². The molecule has 29 heavy (non-hydrogen) atoms. The highest BCUT2D eigenvalue weighted by atomic mass is 16.5. The van der Waals surface area contributed by atoms with E-state index in [1.807, 2.05) is 0 Å². The first-order valence-electron chi connectivity index (χ1n) is 11.3. The summed E-state index contributed by atoms with van der Waals surface area (Å²) in [5.41, 5.74) is 3.81. The predicted octanol–water partition coefficient (Wildman–Crippen LogP) is 6.17. The smallest absolute Gasteiger partial charge is 0.126 e. The van der Waals surface area contributed by atoms with Crippen LogP contribution in [0, 0.1) is 11.3 Å². The number of aliphatic hydroxyl groups excluding tert-OH is 1. The Hall–Kier alpha value is -1.48. The van der Waals surface area contributed by atoms with Gasteiger partial charge in [0.1, 0.15) is 11.5 Å². The second-order valence-corrected chi connectivity index (χ2v) is 10.5. The van der Waals surface area contributed by atoms with Crippen LogP contribution in [0.25, 0.3) is 0 Å². The van der Waals surface area contributed by atoms with Crippen molar-refractivity contribution in [2.24, 2.45) is 11.3 Å². The molecule has 0 amide bonds. The van der Waals surface area contributed by atoms with Gasteiger partial charge in [-0.2, -0.15) is 0 Å². The summed E-state index contributed by atoms with van der Waals surface area (Å²) in [4.78, 5) is 0. The molecule has 0 unspecified atom stereocenters. The first-order valence-corrected chi connectivity index (χ1v) is 11.3. The molecule has 1 aromatic rings. The number of rotatable bonds is 10. The summed E-state index contributed by atoms with van der Waals surface area (Å²) < 4.78 is 11.9. The minimum absolute atomic E-state index is 0.0674. The number of hydrogen-bond acceptors (Lipinski definition) is 3. The summed E-state index contributed by atoms with van der Waals surface area (Å²) >= 11 is 0. The van der Waals surface area contributed by atoms with E-state index in [0.29, 0.717) is 5.92 Å². The normalized spacial score (nSPS) is 24.8.